The third-order valence-electron chi connectivity index (χ3n) is 1.15. The van der Waals surface area contributed by atoms with E-state index in [-0.39, 0.29) is 0 Å². The summed E-state index contributed by atoms with van der Waals surface area (Å²) >= 11 is 0. The van der Waals surface area contributed by atoms with E-state index in [4.69, 9.17) is 0 Å². The van der Waals surface area contributed by atoms with E-state index < -0.39 is 0 Å². The van der Waals surface area contributed by atoms with Crippen LogP contribution in [-0.4, -0.2) is 20.2 Å². The van der Waals surface area contributed by atoms with Crippen LogP contribution in [0.2, 0.25) is 0 Å². The van der Waals surface area contributed by atoms with Gasteiger partial charge in [-0.25, -0.2) is 4.68 Å². The van der Waals surface area contributed by atoms with Crippen LogP contribution in [0.25, 0.3) is 0 Å². The van der Waals surface area contributed by atoms with E-state index in [1.165, 1.54) is 0 Å². The van der Waals surface area contributed by atoms with Gasteiger partial charge in [0, 0.05) is 0 Å². The number of rotatable bonds is 1. The first-order valence-electron chi connectivity index (χ1n) is 2.96. The molecule has 0 amide bonds. The summed E-state index contributed by atoms with van der Waals surface area (Å²) < 4.78 is 1.78. The van der Waals surface area contributed by atoms with Crippen molar-refractivity contribution < 1.29 is 0 Å². The van der Waals surface area contributed by atoms with Crippen LogP contribution >= 0.6 is 0 Å². The number of hydrogen-bond donors (Lipinski definition) is 0. The minimum Gasteiger partial charge on any atom is -0.227 e. The minimum atomic E-state index is 0.361. The van der Waals surface area contributed by atoms with Crippen LogP contribution in [0.4, 0.5) is 0 Å². The average molecular weight is 126 g/mol. The van der Waals surface area contributed by atoms with Crippen molar-refractivity contribution in [3.8, 4) is 0 Å². The topological polar surface area (TPSA) is 43.6 Å². The van der Waals surface area contributed by atoms with Crippen molar-refractivity contribution in [3.63, 3.8) is 0 Å². The lowest BCUT2D eigenvalue weighted by Crippen LogP contribution is -2.04. The van der Waals surface area contributed by atoms with Crippen LogP contribution < -0.4 is 0 Å². The molecule has 0 aliphatic heterocycles. The van der Waals surface area contributed by atoms with Gasteiger partial charge in [-0.05, 0) is 31.2 Å². The number of aromatic nitrogens is 4. The number of nitrogens with zero attached hydrogens (tertiary/aromatic N) is 4. The summed E-state index contributed by atoms with van der Waals surface area (Å²) in [4.78, 5) is 0. The highest BCUT2D eigenvalue weighted by Crippen LogP contribution is 2.00. The lowest BCUT2D eigenvalue weighted by molar-refractivity contribution is 0.502. The van der Waals surface area contributed by atoms with Gasteiger partial charge in [0.1, 0.15) is 5.82 Å². The summed E-state index contributed by atoms with van der Waals surface area (Å²) in [5.41, 5.74) is 0. The molecule has 0 saturated carbocycles. The first kappa shape index (κ1) is 6.19. The molecule has 9 heavy (non-hydrogen) atoms. The number of hydrogen-bond acceptors (Lipinski definition) is 3. The molecule has 0 saturated heterocycles. The van der Waals surface area contributed by atoms with Gasteiger partial charge < -0.3 is 0 Å². The summed E-state index contributed by atoms with van der Waals surface area (Å²) in [5.74, 6) is 0.866. The highest BCUT2D eigenvalue weighted by Gasteiger charge is 2.01. The molecule has 0 N–H and O–H groups in total. The molecule has 0 aliphatic carbocycles. The Morgan fingerprint density at radius 1 is 1.44 bits per heavy atom. The maximum Gasteiger partial charge on any atom is 0.148 e. The smallest absolute Gasteiger partial charge is 0.148 e. The van der Waals surface area contributed by atoms with Crippen LogP contribution in [0, 0.1) is 6.92 Å². The summed E-state index contributed by atoms with van der Waals surface area (Å²) in [7, 11) is 0. The second-order valence-corrected chi connectivity index (χ2v) is 2.26. The molecule has 0 fully saturated rings. The summed E-state index contributed by atoms with van der Waals surface area (Å²) in [6.07, 6.45) is 0. The van der Waals surface area contributed by atoms with Crippen molar-refractivity contribution in [2.75, 3.05) is 0 Å². The minimum absolute atomic E-state index is 0.361. The Morgan fingerprint density at radius 2 is 2.11 bits per heavy atom. The molecule has 4 heteroatoms. The quantitative estimate of drug-likeness (QED) is 0.552. The van der Waals surface area contributed by atoms with Gasteiger partial charge in [0.2, 0.25) is 0 Å². The van der Waals surface area contributed by atoms with Crippen molar-refractivity contribution in [2.24, 2.45) is 0 Å². The van der Waals surface area contributed by atoms with Gasteiger partial charge in [0.25, 0.3) is 0 Å². The van der Waals surface area contributed by atoms with Crippen LogP contribution in [0.5, 0.6) is 0 Å². The van der Waals surface area contributed by atoms with Gasteiger partial charge in [-0.15, -0.1) is 5.10 Å². The van der Waals surface area contributed by atoms with Gasteiger partial charge in [0.15, 0.2) is 0 Å². The SMILES string of the molecule is Cc1nnnn1C(C)C. The zero-order valence-corrected chi connectivity index (χ0v) is 5.87. The molecule has 1 aromatic rings. The van der Waals surface area contributed by atoms with Crippen LogP contribution in [-0.2, 0) is 0 Å². The van der Waals surface area contributed by atoms with Crippen molar-refractivity contribution in [1.29, 1.82) is 0 Å². The predicted molar refractivity (Wildman–Crippen MR) is 32.9 cm³/mol. The van der Waals surface area contributed by atoms with E-state index in [9.17, 15) is 0 Å². The van der Waals surface area contributed by atoms with Crippen LogP contribution in [0.15, 0.2) is 0 Å². The molecule has 0 aromatic carbocycles. The third-order valence-corrected chi connectivity index (χ3v) is 1.15. The largest absolute Gasteiger partial charge is 0.227 e. The van der Waals surface area contributed by atoms with E-state index in [0.29, 0.717) is 6.04 Å². The van der Waals surface area contributed by atoms with Gasteiger partial charge in [0.05, 0.1) is 6.04 Å². The number of aryl methyl sites for hydroxylation is 1. The summed E-state index contributed by atoms with van der Waals surface area (Å²) in [6.45, 7) is 5.98. The monoisotopic (exact) mass is 126 g/mol. The Morgan fingerprint density at radius 3 is 2.33 bits per heavy atom. The predicted octanol–water partition coefficient (Wildman–Crippen LogP) is 0.562. The molecule has 0 aliphatic rings. The Labute approximate surface area is 53.9 Å². The van der Waals surface area contributed by atoms with Crippen molar-refractivity contribution >= 4 is 0 Å². The molecule has 0 spiro atoms. The molecule has 4 nitrogen and oxygen atoms in total. The normalized spacial score (nSPS) is 10.7. The van der Waals surface area contributed by atoms with E-state index in [0.717, 1.165) is 5.82 Å². The molecule has 1 heterocycles. The summed E-state index contributed by atoms with van der Waals surface area (Å²) in [5, 5.41) is 11.0. The Balaban J connectivity index is 2.94. The van der Waals surface area contributed by atoms with E-state index in [1.807, 2.05) is 20.8 Å². The average Bonchev–Trinajstić information content (AvgIpc) is 2.13. The number of tetrazole rings is 1. The standard InChI is InChI=1S/C5H10N4/c1-4(2)9-5(3)6-7-8-9/h4H,1-3H3. The van der Waals surface area contributed by atoms with Crippen LogP contribution in [0.1, 0.15) is 25.7 Å². The Bertz CT molecular complexity index is 191. The van der Waals surface area contributed by atoms with Crippen molar-refractivity contribution in [3.05, 3.63) is 5.82 Å². The fourth-order valence-corrected chi connectivity index (χ4v) is 0.715. The Hall–Kier alpha value is -0.930. The Kier molecular flexibility index (Phi) is 1.46. The fraction of sp³-hybridized carbons (Fsp3) is 0.800. The molecule has 0 radical (unpaired) electrons. The molecule has 0 atom stereocenters. The zero-order valence-electron chi connectivity index (χ0n) is 5.87. The van der Waals surface area contributed by atoms with E-state index in [2.05, 4.69) is 15.5 Å². The van der Waals surface area contributed by atoms with Gasteiger partial charge >= 0.3 is 0 Å². The molecular formula is C5H10N4. The van der Waals surface area contributed by atoms with Gasteiger partial charge in [-0.2, -0.15) is 0 Å². The molecule has 0 unspecified atom stereocenters. The fourth-order valence-electron chi connectivity index (χ4n) is 0.715. The van der Waals surface area contributed by atoms with Gasteiger partial charge in [-0.1, -0.05) is 0 Å². The van der Waals surface area contributed by atoms with Crippen molar-refractivity contribution in [2.45, 2.75) is 26.8 Å². The molecule has 1 aromatic heterocycles. The molecular weight excluding hydrogens is 116 g/mol. The maximum atomic E-state index is 3.77. The second-order valence-electron chi connectivity index (χ2n) is 2.26. The third kappa shape index (κ3) is 1.06. The molecule has 0 bridgehead atoms. The van der Waals surface area contributed by atoms with E-state index in [1.54, 1.807) is 4.68 Å². The maximum absolute atomic E-state index is 3.77. The highest BCUT2D eigenvalue weighted by molar-refractivity contribution is 4.75. The van der Waals surface area contributed by atoms with E-state index >= 15 is 0 Å². The lowest BCUT2D eigenvalue weighted by atomic mass is 10.4. The lowest BCUT2D eigenvalue weighted by Gasteiger charge is -2.02. The first-order valence-corrected chi connectivity index (χ1v) is 2.96. The summed E-state index contributed by atoms with van der Waals surface area (Å²) in [6, 6.07) is 0.361. The first-order chi connectivity index (χ1) is 4.22. The van der Waals surface area contributed by atoms with Crippen LogP contribution in [0.3, 0.4) is 0 Å². The van der Waals surface area contributed by atoms with Gasteiger partial charge in [-0.3, -0.25) is 0 Å². The molecule has 50 valence electrons. The second kappa shape index (κ2) is 2.13. The molecule has 1 rings (SSSR count). The zero-order chi connectivity index (χ0) is 6.85. The van der Waals surface area contributed by atoms with Crippen molar-refractivity contribution in [1.82, 2.24) is 20.2 Å². The highest BCUT2D eigenvalue weighted by atomic mass is 15.5.